The molecule has 8 heteroatoms. The van der Waals surface area contributed by atoms with Gasteiger partial charge in [-0.2, -0.15) is 0 Å². The van der Waals surface area contributed by atoms with Crippen molar-refractivity contribution in [2.45, 2.75) is 39.5 Å². The number of ketones is 1. The zero-order valence-electron chi connectivity index (χ0n) is 15.2. The lowest BCUT2D eigenvalue weighted by Gasteiger charge is -2.11. The highest BCUT2D eigenvalue weighted by atomic mass is 32.1. The molecule has 0 bridgehead atoms. The number of amides is 1. The quantitative estimate of drug-likeness (QED) is 0.503. The first-order chi connectivity index (χ1) is 12.5. The third-order valence-corrected chi connectivity index (χ3v) is 4.53. The van der Waals surface area contributed by atoms with Gasteiger partial charge in [-0.3, -0.25) is 14.9 Å². The van der Waals surface area contributed by atoms with Crippen molar-refractivity contribution >= 4 is 28.2 Å². The van der Waals surface area contributed by atoms with Crippen LogP contribution in [0.25, 0.3) is 0 Å². The molecule has 1 aromatic carbocycles. The summed E-state index contributed by atoms with van der Waals surface area (Å²) in [6.45, 7) is 3.43. The third-order valence-electron chi connectivity index (χ3n) is 3.64. The van der Waals surface area contributed by atoms with Gasteiger partial charge in [0.25, 0.3) is 5.91 Å². The molecule has 0 radical (unpaired) electrons. The maximum absolute atomic E-state index is 12.0. The largest absolute Gasteiger partial charge is 0.493 e. The number of carbonyl (C=O) groups excluding carboxylic acids is 2. The van der Waals surface area contributed by atoms with Gasteiger partial charge in [-0.25, -0.2) is 0 Å². The number of hydrogen-bond donors (Lipinski definition) is 1. The van der Waals surface area contributed by atoms with E-state index in [1.807, 2.05) is 0 Å². The molecule has 26 heavy (non-hydrogen) atoms. The Labute approximate surface area is 156 Å². The smallest absolute Gasteiger partial charge is 0.264 e. The van der Waals surface area contributed by atoms with Crippen molar-refractivity contribution in [3.05, 3.63) is 28.8 Å². The molecule has 0 fully saturated rings. The number of aromatic nitrogens is 2. The lowest BCUT2D eigenvalue weighted by molar-refractivity contribution is -0.118. The Hall–Kier alpha value is -2.48. The number of benzene rings is 1. The lowest BCUT2D eigenvalue weighted by Crippen LogP contribution is -2.20. The van der Waals surface area contributed by atoms with Crippen molar-refractivity contribution in [3.63, 3.8) is 0 Å². The number of rotatable bonds is 10. The summed E-state index contributed by atoms with van der Waals surface area (Å²) in [6.07, 6.45) is 4.24. The molecular formula is C18H23N3O4S. The maximum atomic E-state index is 12.0. The van der Waals surface area contributed by atoms with Gasteiger partial charge in [0.2, 0.25) is 5.13 Å². The molecule has 0 aliphatic heterocycles. The van der Waals surface area contributed by atoms with Crippen LogP contribution in [-0.2, 0) is 11.2 Å². The topological polar surface area (TPSA) is 90.4 Å². The fraction of sp³-hybridized carbons (Fsp3) is 0.444. The second kappa shape index (κ2) is 9.86. The second-order valence-electron chi connectivity index (χ2n) is 5.72. The van der Waals surface area contributed by atoms with Crippen molar-refractivity contribution in [2.75, 3.05) is 19.0 Å². The zero-order chi connectivity index (χ0) is 18.9. The van der Waals surface area contributed by atoms with E-state index in [2.05, 4.69) is 22.4 Å². The number of unbranched alkanes of at least 4 members (excludes halogenated alkanes) is 2. The molecule has 140 valence electrons. The van der Waals surface area contributed by atoms with Crippen LogP contribution in [0.4, 0.5) is 5.13 Å². The number of anilines is 1. The maximum Gasteiger partial charge on any atom is 0.264 e. The van der Waals surface area contributed by atoms with E-state index in [0.717, 1.165) is 30.7 Å². The Morgan fingerprint density at radius 3 is 2.69 bits per heavy atom. The fourth-order valence-electron chi connectivity index (χ4n) is 2.24. The normalized spacial score (nSPS) is 10.4. The van der Waals surface area contributed by atoms with Crippen LogP contribution in [-0.4, -0.2) is 35.6 Å². The van der Waals surface area contributed by atoms with Gasteiger partial charge in [0, 0.05) is 12.0 Å². The molecule has 0 aliphatic rings. The molecule has 0 saturated heterocycles. The van der Waals surface area contributed by atoms with Crippen molar-refractivity contribution < 1.29 is 19.1 Å². The fourth-order valence-corrected chi connectivity index (χ4v) is 3.03. The van der Waals surface area contributed by atoms with Crippen molar-refractivity contribution in [1.82, 2.24) is 10.2 Å². The number of nitrogens with zero attached hydrogens (tertiary/aromatic N) is 2. The average Bonchev–Trinajstić information content (AvgIpc) is 3.07. The summed E-state index contributed by atoms with van der Waals surface area (Å²) < 4.78 is 10.7. The van der Waals surface area contributed by atoms with E-state index in [9.17, 15) is 9.59 Å². The number of hydrogen-bond acceptors (Lipinski definition) is 7. The van der Waals surface area contributed by atoms with Crippen LogP contribution < -0.4 is 14.8 Å². The predicted octanol–water partition coefficient (Wildman–Crippen LogP) is 3.50. The van der Waals surface area contributed by atoms with Gasteiger partial charge in [0.1, 0.15) is 5.01 Å². The number of Topliss-reactive ketones (excluding diaryl/α,β-unsaturated/α-hetero) is 1. The van der Waals surface area contributed by atoms with E-state index in [1.54, 1.807) is 18.2 Å². The van der Waals surface area contributed by atoms with Crippen LogP contribution in [0.3, 0.4) is 0 Å². The average molecular weight is 377 g/mol. The van der Waals surface area contributed by atoms with E-state index in [-0.39, 0.29) is 18.3 Å². The summed E-state index contributed by atoms with van der Waals surface area (Å²) in [6, 6.07) is 4.83. The summed E-state index contributed by atoms with van der Waals surface area (Å²) in [5.74, 6) is 0.391. The highest BCUT2D eigenvalue weighted by Gasteiger charge is 2.12. The van der Waals surface area contributed by atoms with E-state index in [1.165, 1.54) is 25.4 Å². The Kier molecular flexibility index (Phi) is 7.53. The second-order valence-corrected chi connectivity index (χ2v) is 6.78. The Balaban J connectivity index is 1.88. The van der Waals surface area contributed by atoms with Crippen LogP contribution in [0.15, 0.2) is 18.2 Å². The van der Waals surface area contributed by atoms with Gasteiger partial charge in [0.15, 0.2) is 23.9 Å². The van der Waals surface area contributed by atoms with Crippen LogP contribution in [0.2, 0.25) is 0 Å². The summed E-state index contributed by atoms with van der Waals surface area (Å²) in [7, 11) is 1.48. The van der Waals surface area contributed by atoms with Crippen molar-refractivity contribution in [3.8, 4) is 11.5 Å². The molecule has 0 saturated carbocycles. The summed E-state index contributed by atoms with van der Waals surface area (Å²) >= 11 is 1.37. The standard InChI is InChI=1S/C18H23N3O4S/c1-4-5-6-7-17-20-21-18(26-17)19-16(23)11-25-14-9-8-13(12(2)22)10-15(14)24-3/h8-10H,4-7,11H2,1-3H3,(H,19,21,23). The van der Waals surface area contributed by atoms with Crippen molar-refractivity contribution in [1.29, 1.82) is 0 Å². The van der Waals surface area contributed by atoms with Gasteiger partial charge in [0.05, 0.1) is 7.11 Å². The van der Waals surface area contributed by atoms with E-state index in [4.69, 9.17) is 9.47 Å². The van der Waals surface area contributed by atoms with Gasteiger partial charge in [-0.05, 0) is 31.5 Å². The Morgan fingerprint density at radius 1 is 1.19 bits per heavy atom. The minimum absolute atomic E-state index is 0.0707. The third kappa shape index (κ3) is 5.80. The first kappa shape index (κ1) is 19.8. The molecule has 1 heterocycles. The first-order valence-corrected chi connectivity index (χ1v) is 9.29. The molecule has 1 N–H and O–H groups in total. The highest BCUT2D eigenvalue weighted by Crippen LogP contribution is 2.28. The van der Waals surface area contributed by atoms with Crippen LogP contribution >= 0.6 is 11.3 Å². The van der Waals surface area contributed by atoms with E-state index in [0.29, 0.717) is 22.2 Å². The predicted molar refractivity (Wildman–Crippen MR) is 100 cm³/mol. The van der Waals surface area contributed by atoms with Crippen molar-refractivity contribution in [2.24, 2.45) is 0 Å². The molecule has 0 atom stereocenters. The minimum Gasteiger partial charge on any atom is -0.493 e. The highest BCUT2D eigenvalue weighted by molar-refractivity contribution is 7.15. The van der Waals surface area contributed by atoms with Gasteiger partial charge >= 0.3 is 0 Å². The van der Waals surface area contributed by atoms with E-state index < -0.39 is 0 Å². The van der Waals surface area contributed by atoms with Crippen LogP contribution in [0.5, 0.6) is 11.5 Å². The summed E-state index contributed by atoms with van der Waals surface area (Å²) in [5.41, 5.74) is 0.517. The summed E-state index contributed by atoms with van der Waals surface area (Å²) in [5, 5.41) is 12.1. The molecule has 2 aromatic rings. The van der Waals surface area contributed by atoms with Crippen LogP contribution in [0.1, 0.15) is 48.5 Å². The number of carbonyl (C=O) groups is 2. The van der Waals surface area contributed by atoms with Gasteiger partial charge in [-0.15, -0.1) is 10.2 Å². The monoisotopic (exact) mass is 377 g/mol. The Bertz CT molecular complexity index is 761. The number of aryl methyl sites for hydroxylation is 1. The minimum atomic E-state index is -0.334. The lowest BCUT2D eigenvalue weighted by atomic mass is 10.1. The SMILES string of the molecule is CCCCCc1nnc(NC(=O)COc2ccc(C(C)=O)cc2OC)s1. The molecule has 1 aromatic heterocycles. The molecule has 0 spiro atoms. The molecule has 0 aliphatic carbocycles. The number of nitrogens with one attached hydrogen (secondary N) is 1. The molecule has 7 nitrogen and oxygen atoms in total. The molecule has 1 amide bonds. The number of methoxy groups -OCH3 is 1. The number of ether oxygens (including phenoxy) is 2. The van der Waals surface area contributed by atoms with Gasteiger partial charge in [-0.1, -0.05) is 31.1 Å². The Morgan fingerprint density at radius 2 is 2.00 bits per heavy atom. The van der Waals surface area contributed by atoms with E-state index >= 15 is 0 Å². The molecular weight excluding hydrogens is 354 g/mol. The zero-order valence-corrected chi connectivity index (χ0v) is 16.0. The van der Waals surface area contributed by atoms with Crippen LogP contribution in [0, 0.1) is 0 Å². The van der Waals surface area contributed by atoms with Gasteiger partial charge < -0.3 is 9.47 Å². The first-order valence-electron chi connectivity index (χ1n) is 8.47. The summed E-state index contributed by atoms with van der Waals surface area (Å²) in [4.78, 5) is 23.4. The molecule has 0 unspecified atom stereocenters. The molecule has 2 rings (SSSR count).